The predicted octanol–water partition coefficient (Wildman–Crippen LogP) is 3.34. The predicted molar refractivity (Wildman–Crippen MR) is 94.2 cm³/mol. The number of aromatic nitrogens is 4. The molecule has 8 heteroatoms. The summed E-state index contributed by atoms with van der Waals surface area (Å²) in [5.41, 5.74) is 1.59. The van der Waals surface area contributed by atoms with Crippen LogP contribution in [0.2, 0.25) is 0 Å². The first kappa shape index (κ1) is 15.1. The maximum absolute atomic E-state index is 12.3. The molecule has 0 saturated heterocycles. The highest BCUT2D eigenvalue weighted by Gasteiger charge is 2.13. The van der Waals surface area contributed by atoms with Gasteiger partial charge in [-0.2, -0.15) is 4.98 Å². The van der Waals surface area contributed by atoms with Crippen LogP contribution < -0.4 is 5.56 Å². The normalized spacial score (nSPS) is 11.2. The molecule has 6 nitrogen and oxygen atoms in total. The average molecular weight is 356 g/mol. The molecule has 0 spiro atoms. The van der Waals surface area contributed by atoms with Crippen LogP contribution in [0.15, 0.2) is 56.3 Å². The van der Waals surface area contributed by atoms with Crippen molar-refractivity contribution in [2.75, 3.05) is 0 Å². The van der Waals surface area contributed by atoms with Gasteiger partial charge in [-0.3, -0.25) is 9.36 Å². The molecular formula is C16H12N4O2S2. The lowest BCUT2D eigenvalue weighted by atomic mass is 10.2. The van der Waals surface area contributed by atoms with Gasteiger partial charge in [0, 0.05) is 12.6 Å². The number of thioether (sulfide) groups is 1. The number of benzene rings is 1. The van der Waals surface area contributed by atoms with Crippen molar-refractivity contribution in [2.45, 2.75) is 10.9 Å². The summed E-state index contributed by atoms with van der Waals surface area (Å²) in [6, 6.07) is 11.5. The van der Waals surface area contributed by atoms with E-state index in [1.54, 1.807) is 11.6 Å². The molecule has 120 valence electrons. The lowest BCUT2D eigenvalue weighted by Crippen LogP contribution is -2.18. The van der Waals surface area contributed by atoms with E-state index >= 15 is 0 Å². The zero-order valence-electron chi connectivity index (χ0n) is 12.7. The van der Waals surface area contributed by atoms with Gasteiger partial charge in [0.25, 0.3) is 5.56 Å². The monoisotopic (exact) mass is 356 g/mol. The molecule has 0 aliphatic rings. The van der Waals surface area contributed by atoms with Crippen LogP contribution in [0, 0.1) is 0 Å². The van der Waals surface area contributed by atoms with Crippen LogP contribution in [0.25, 0.3) is 21.6 Å². The van der Waals surface area contributed by atoms with E-state index in [0.29, 0.717) is 27.3 Å². The van der Waals surface area contributed by atoms with Crippen LogP contribution in [0.3, 0.4) is 0 Å². The topological polar surface area (TPSA) is 73.8 Å². The molecule has 4 aromatic rings. The molecule has 1 aromatic carbocycles. The zero-order chi connectivity index (χ0) is 16.5. The Kier molecular flexibility index (Phi) is 3.91. The fourth-order valence-electron chi connectivity index (χ4n) is 2.24. The summed E-state index contributed by atoms with van der Waals surface area (Å²) in [4.78, 5) is 21.2. The quantitative estimate of drug-likeness (QED) is 0.412. The van der Waals surface area contributed by atoms with Crippen molar-refractivity contribution < 1.29 is 4.52 Å². The van der Waals surface area contributed by atoms with Gasteiger partial charge < -0.3 is 4.52 Å². The maximum atomic E-state index is 12.3. The molecular weight excluding hydrogens is 344 g/mol. The number of hydrogen-bond donors (Lipinski definition) is 0. The van der Waals surface area contributed by atoms with Crippen molar-refractivity contribution in [3.05, 3.63) is 58.0 Å². The minimum Gasteiger partial charge on any atom is -0.338 e. The van der Waals surface area contributed by atoms with E-state index in [4.69, 9.17) is 4.52 Å². The molecule has 3 aromatic heterocycles. The summed E-state index contributed by atoms with van der Waals surface area (Å²) in [5.74, 6) is 1.51. The molecule has 0 radical (unpaired) electrons. The van der Waals surface area contributed by atoms with Gasteiger partial charge in [-0.05, 0) is 11.4 Å². The molecule has 0 aliphatic heterocycles. The number of fused-ring (bicyclic) bond motifs is 1. The van der Waals surface area contributed by atoms with Gasteiger partial charge in [-0.1, -0.05) is 47.3 Å². The third-order valence-electron chi connectivity index (χ3n) is 3.47. The van der Waals surface area contributed by atoms with Crippen LogP contribution in [0.4, 0.5) is 0 Å². The minimum absolute atomic E-state index is 0.0343. The largest absolute Gasteiger partial charge is 0.338 e. The first-order valence-electron chi connectivity index (χ1n) is 7.17. The van der Waals surface area contributed by atoms with Gasteiger partial charge in [0.15, 0.2) is 5.16 Å². The Balaban J connectivity index is 1.56. The molecule has 0 atom stereocenters. The highest BCUT2D eigenvalue weighted by molar-refractivity contribution is 7.98. The van der Waals surface area contributed by atoms with Crippen LogP contribution >= 0.6 is 23.1 Å². The molecule has 0 amide bonds. The Bertz CT molecular complexity index is 1050. The Morgan fingerprint density at radius 3 is 2.88 bits per heavy atom. The van der Waals surface area contributed by atoms with Crippen molar-refractivity contribution >= 4 is 33.3 Å². The van der Waals surface area contributed by atoms with E-state index in [1.807, 2.05) is 41.8 Å². The van der Waals surface area contributed by atoms with E-state index in [-0.39, 0.29) is 5.56 Å². The third kappa shape index (κ3) is 2.74. The molecule has 0 fully saturated rings. The van der Waals surface area contributed by atoms with E-state index < -0.39 is 0 Å². The van der Waals surface area contributed by atoms with Crippen LogP contribution in [-0.4, -0.2) is 19.7 Å². The molecule has 0 aliphatic carbocycles. The number of nitrogens with zero attached hydrogens (tertiary/aromatic N) is 4. The number of thiophene rings is 1. The van der Waals surface area contributed by atoms with E-state index in [1.165, 1.54) is 23.1 Å². The zero-order valence-corrected chi connectivity index (χ0v) is 14.3. The highest BCUT2D eigenvalue weighted by atomic mass is 32.2. The molecule has 4 rings (SSSR count). The lowest BCUT2D eigenvalue weighted by Gasteiger charge is -2.05. The van der Waals surface area contributed by atoms with Gasteiger partial charge in [-0.15, -0.1) is 11.3 Å². The van der Waals surface area contributed by atoms with Crippen molar-refractivity contribution in [1.82, 2.24) is 19.7 Å². The smallest absolute Gasteiger partial charge is 0.271 e. The third-order valence-corrected chi connectivity index (χ3v) is 5.38. The molecule has 3 heterocycles. The summed E-state index contributed by atoms with van der Waals surface area (Å²) in [6.07, 6.45) is 0. The molecule has 0 N–H and O–H groups in total. The Hall–Kier alpha value is -2.45. The van der Waals surface area contributed by atoms with Crippen LogP contribution in [0.1, 0.15) is 5.89 Å². The Morgan fingerprint density at radius 2 is 2.04 bits per heavy atom. The Morgan fingerprint density at radius 1 is 1.21 bits per heavy atom. The number of hydrogen-bond acceptors (Lipinski definition) is 7. The van der Waals surface area contributed by atoms with Crippen molar-refractivity contribution in [2.24, 2.45) is 7.05 Å². The van der Waals surface area contributed by atoms with E-state index in [0.717, 1.165) is 11.1 Å². The van der Waals surface area contributed by atoms with Gasteiger partial charge >= 0.3 is 0 Å². The number of rotatable bonds is 4. The first-order valence-corrected chi connectivity index (χ1v) is 9.04. The highest BCUT2D eigenvalue weighted by Crippen LogP contribution is 2.24. The van der Waals surface area contributed by atoms with Gasteiger partial charge in [0.05, 0.1) is 11.3 Å². The first-order chi connectivity index (χ1) is 11.7. The lowest BCUT2D eigenvalue weighted by molar-refractivity contribution is 0.391. The molecule has 0 saturated carbocycles. The van der Waals surface area contributed by atoms with Crippen molar-refractivity contribution in [3.63, 3.8) is 0 Å². The SMILES string of the molecule is Cn1c(SCc2nc(-c3ccccc3)no2)nc2ccsc2c1=O. The van der Waals surface area contributed by atoms with Gasteiger partial charge in [-0.25, -0.2) is 4.98 Å². The second kappa shape index (κ2) is 6.21. The summed E-state index contributed by atoms with van der Waals surface area (Å²) in [7, 11) is 1.72. The average Bonchev–Trinajstić information content (AvgIpc) is 3.27. The second-order valence-electron chi connectivity index (χ2n) is 5.06. The molecule has 0 bridgehead atoms. The van der Waals surface area contributed by atoms with E-state index in [9.17, 15) is 4.79 Å². The Labute approximate surface area is 145 Å². The molecule has 24 heavy (non-hydrogen) atoms. The summed E-state index contributed by atoms with van der Waals surface area (Å²) >= 11 is 2.81. The summed E-state index contributed by atoms with van der Waals surface area (Å²) in [5, 5.41) is 6.50. The van der Waals surface area contributed by atoms with Gasteiger partial charge in [0.1, 0.15) is 4.70 Å². The molecule has 0 unspecified atom stereocenters. The summed E-state index contributed by atoms with van der Waals surface area (Å²) < 4.78 is 7.51. The van der Waals surface area contributed by atoms with Crippen LogP contribution in [0.5, 0.6) is 0 Å². The standard InChI is InChI=1S/C16H12N4O2S2/c1-20-15(21)13-11(7-8-23-13)17-16(20)24-9-12-18-14(19-22-12)10-5-3-2-4-6-10/h2-8H,9H2,1H3. The maximum Gasteiger partial charge on any atom is 0.271 e. The second-order valence-corrected chi connectivity index (χ2v) is 6.92. The van der Waals surface area contributed by atoms with E-state index in [2.05, 4.69) is 15.1 Å². The van der Waals surface area contributed by atoms with Gasteiger partial charge in [0.2, 0.25) is 11.7 Å². The van der Waals surface area contributed by atoms with Crippen LogP contribution in [-0.2, 0) is 12.8 Å². The fourth-order valence-corrected chi connectivity index (χ4v) is 3.86. The summed E-state index contributed by atoms with van der Waals surface area (Å²) in [6.45, 7) is 0. The van der Waals surface area contributed by atoms with Crippen molar-refractivity contribution in [1.29, 1.82) is 0 Å². The van der Waals surface area contributed by atoms with Crippen molar-refractivity contribution in [3.8, 4) is 11.4 Å². The minimum atomic E-state index is -0.0343. The fraction of sp³-hybridized carbons (Fsp3) is 0.125.